The van der Waals surface area contributed by atoms with Crippen molar-refractivity contribution in [3.63, 3.8) is 0 Å². The van der Waals surface area contributed by atoms with E-state index in [1.54, 1.807) is 18.5 Å². The van der Waals surface area contributed by atoms with Gasteiger partial charge in [0, 0.05) is 64.0 Å². The lowest BCUT2D eigenvalue weighted by Gasteiger charge is -2.34. The Morgan fingerprint density at radius 3 is 2.25 bits per heavy atom. The minimum Gasteiger partial charge on any atom is -0.378 e. The molecule has 0 aliphatic carbocycles. The molecule has 1 aromatic carbocycles. The standard InChI is InChI=1S/C17H22N6O/c1-21(2)15-6-4-14(5-7-15)20-17(24)23-12-10-22(11-13-23)16-18-8-3-9-19-16/h3-9H,10-13H2,1-2H3,(H,20,24). The Kier molecular flexibility index (Phi) is 4.79. The molecule has 1 fully saturated rings. The molecule has 7 nitrogen and oxygen atoms in total. The van der Waals surface area contributed by atoms with Gasteiger partial charge in [-0.1, -0.05) is 0 Å². The highest BCUT2D eigenvalue weighted by Gasteiger charge is 2.22. The van der Waals surface area contributed by atoms with Crippen LogP contribution in [0.25, 0.3) is 0 Å². The van der Waals surface area contributed by atoms with Gasteiger partial charge in [0.1, 0.15) is 0 Å². The van der Waals surface area contributed by atoms with Crippen molar-refractivity contribution in [3.8, 4) is 0 Å². The summed E-state index contributed by atoms with van der Waals surface area (Å²) in [6.07, 6.45) is 3.47. The second-order valence-corrected chi connectivity index (χ2v) is 5.89. The number of carbonyl (C=O) groups excluding carboxylic acids is 1. The van der Waals surface area contributed by atoms with Crippen molar-refractivity contribution in [3.05, 3.63) is 42.7 Å². The molecule has 0 saturated carbocycles. The van der Waals surface area contributed by atoms with Crippen LogP contribution in [0.15, 0.2) is 42.7 Å². The zero-order valence-corrected chi connectivity index (χ0v) is 14.0. The maximum Gasteiger partial charge on any atom is 0.321 e. The van der Waals surface area contributed by atoms with Crippen LogP contribution < -0.4 is 15.1 Å². The highest BCUT2D eigenvalue weighted by atomic mass is 16.2. The molecule has 2 aromatic rings. The van der Waals surface area contributed by atoms with Gasteiger partial charge in [0.05, 0.1) is 0 Å². The third-order valence-corrected chi connectivity index (χ3v) is 4.04. The molecule has 0 spiro atoms. The molecule has 0 radical (unpaired) electrons. The van der Waals surface area contributed by atoms with Gasteiger partial charge in [-0.25, -0.2) is 14.8 Å². The first-order valence-corrected chi connectivity index (χ1v) is 7.99. The summed E-state index contributed by atoms with van der Waals surface area (Å²) in [4.78, 5) is 26.8. The fourth-order valence-electron chi connectivity index (χ4n) is 2.61. The molecule has 0 bridgehead atoms. The first kappa shape index (κ1) is 16.0. The molecule has 0 atom stereocenters. The Labute approximate surface area is 141 Å². The lowest BCUT2D eigenvalue weighted by molar-refractivity contribution is 0.208. The molecule has 3 rings (SSSR count). The number of hydrogen-bond acceptors (Lipinski definition) is 5. The summed E-state index contributed by atoms with van der Waals surface area (Å²) in [5.41, 5.74) is 1.91. The molecule has 1 N–H and O–H groups in total. The van der Waals surface area contributed by atoms with Gasteiger partial charge < -0.3 is 20.0 Å². The number of carbonyl (C=O) groups is 1. The molecule has 24 heavy (non-hydrogen) atoms. The number of rotatable bonds is 3. The van der Waals surface area contributed by atoms with E-state index < -0.39 is 0 Å². The third-order valence-electron chi connectivity index (χ3n) is 4.04. The van der Waals surface area contributed by atoms with Crippen LogP contribution in [0.3, 0.4) is 0 Å². The molecule has 0 unspecified atom stereocenters. The second-order valence-electron chi connectivity index (χ2n) is 5.89. The molecule has 1 aromatic heterocycles. The van der Waals surface area contributed by atoms with Gasteiger partial charge >= 0.3 is 6.03 Å². The Bertz CT molecular complexity index is 665. The van der Waals surface area contributed by atoms with E-state index in [1.807, 2.05) is 48.2 Å². The Morgan fingerprint density at radius 1 is 1.04 bits per heavy atom. The number of nitrogens with zero attached hydrogens (tertiary/aromatic N) is 5. The van der Waals surface area contributed by atoms with Crippen LogP contribution in [-0.2, 0) is 0 Å². The first-order chi connectivity index (χ1) is 11.6. The summed E-state index contributed by atoms with van der Waals surface area (Å²) < 4.78 is 0. The van der Waals surface area contributed by atoms with Gasteiger partial charge in [-0.3, -0.25) is 0 Å². The fraction of sp³-hybridized carbons (Fsp3) is 0.353. The molecule has 7 heteroatoms. The van der Waals surface area contributed by atoms with Crippen LogP contribution in [0.2, 0.25) is 0 Å². The number of aromatic nitrogens is 2. The molecular formula is C17H22N6O. The van der Waals surface area contributed by atoms with Crippen molar-refractivity contribution in [1.82, 2.24) is 14.9 Å². The van der Waals surface area contributed by atoms with E-state index in [9.17, 15) is 4.79 Å². The Morgan fingerprint density at radius 2 is 1.67 bits per heavy atom. The monoisotopic (exact) mass is 326 g/mol. The number of anilines is 3. The maximum atomic E-state index is 12.4. The number of benzene rings is 1. The van der Waals surface area contributed by atoms with Crippen LogP contribution in [-0.4, -0.2) is 61.2 Å². The van der Waals surface area contributed by atoms with Crippen LogP contribution in [0.1, 0.15) is 0 Å². The Hall–Kier alpha value is -2.83. The SMILES string of the molecule is CN(C)c1ccc(NC(=O)N2CCN(c3ncccn3)CC2)cc1. The molecule has 2 heterocycles. The number of nitrogens with one attached hydrogen (secondary N) is 1. The van der Waals surface area contributed by atoms with E-state index in [1.165, 1.54) is 0 Å². The normalized spacial score (nSPS) is 14.4. The van der Waals surface area contributed by atoms with Crippen molar-refractivity contribution >= 4 is 23.4 Å². The predicted molar refractivity (Wildman–Crippen MR) is 95.6 cm³/mol. The quantitative estimate of drug-likeness (QED) is 0.933. The first-order valence-electron chi connectivity index (χ1n) is 7.99. The van der Waals surface area contributed by atoms with Gasteiger partial charge in [-0.15, -0.1) is 0 Å². The number of hydrogen-bond donors (Lipinski definition) is 1. The maximum absolute atomic E-state index is 12.4. The molecule has 126 valence electrons. The molecule has 2 amide bonds. The van der Waals surface area contributed by atoms with Crippen LogP contribution in [0.5, 0.6) is 0 Å². The average molecular weight is 326 g/mol. The zero-order chi connectivity index (χ0) is 16.9. The highest BCUT2D eigenvalue weighted by Crippen LogP contribution is 2.17. The van der Waals surface area contributed by atoms with E-state index in [4.69, 9.17) is 0 Å². The fourth-order valence-corrected chi connectivity index (χ4v) is 2.61. The average Bonchev–Trinajstić information content (AvgIpc) is 2.63. The van der Waals surface area contributed by atoms with Gasteiger partial charge in [-0.05, 0) is 30.3 Å². The second kappa shape index (κ2) is 7.16. The van der Waals surface area contributed by atoms with E-state index in [-0.39, 0.29) is 6.03 Å². The lowest BCUT2D eigenvalue weighted by Crippen LogP contribution is -2.50. The molecular weight excluding hydrogens is 304 g/mol. The summed E-state index contributed by atoms with van der Waals surface area (Å²) >= 11 is 0. The smallest absolute Gasteiger partial charge is 0.321 e. The summed E-state index contributed by atoms with van der Waals surface area (Å²) in [5.74, 6) is 0.719. The summed E-state index contributed by atoms with van der Waals surface area (Å²) in [7, 11) is 3.98. The molecule has 1 saturated heterocycles. The van der Waals surface area contributed by atoms with Gasteiger partial charge in [-0.2, -0.15) is 0 Å². The highest BCUT2D eigenvalue weighted by molar-refractivity contribution is 5.89. The number of urea groups is 1. The minimum atomic E-state index is -0.0683. The van der Waals surface area contributed by atoms with Gasteiger partial charge in [0.15, 0.2) is 0 Å². The Balaban J connectivity index is 1.53. The zero-order valence-electron chi connectivity index (χ0n) is 14.0. The summed E-state index contributed by atoms with van der Waals surface area (Å²) in [5, 5.41) is 2.95. The molecule has 1 aliphatic heterocycles. The number of piperazine rings is 1. The van der Waals surface area contributed by atoms with E-state index >= 15 is 0 Å². The van der Waals surface area contributed by atoms with Crippen LogP contribution in [0, 0.1) is 0 Å². The van der Waals surface area contributed by atoms with E-state index in [0.717, 1.165) is 30.4 Å². The van der Waals surface area contributed by atoms with Crippen molar-refractivity contribution in [1.29, 1.82) is 0 Å². The van der Waals surface area contributed by atoms with Gasteiger partial charge in [0.25, 0.3) is 0 Å². The third kappa shape index (κ3) is 3.73. The lowest BCUT2D eigenvalue weighted by atomic mass is 10.2. The summed E-state index contributed by atoms with van der Waals surface area (Å²) in [6, 6.07) is 9.54. The summed E-state index contributed by atoms with van der Waals surface area (Å²) in [6.45, 7) is 2.77. The largest absolute Gasteiger partial charge is 0.378 e. The van der Waals surface area contributed by atoms with E-state index in [0.29, 0.717) is 13.1 Å². The molecule has 1 aliphatic rings. The van der Waals surface area contributed by atoms with Crippen LogP contribution in [0.4, 0.5) is 22.1 Å². The topological polar surface area (TPSA) is 64.6 Å². The van der Waals surface area contributed by atoms with Gasteiger partial charge in [0.2, 0.25) is 5.95 Å². The van der Waals surface area contributed by atoms with E-state index in [2.05, 4.69) is 20.2 Å². The minimum absolute atomic E-state index is 0.0683. The van der Waals surface area contributed by atoms with Crippen molar-refractivity contribution < 1.29 is 4.79 Å². The predicted octanol–water partition coefficient (Wildman–Crippen LogP) is 1.90. The number of amides is 2. The van der Waals surface area contributed by atoms with Crippen molar-refractivity contribution in [2.45, 2.75) is 0 Å². The van der Waals surface area contributed by atoms with Crippen molar-refractivity contribution in [2.75, 3.05) is 55.4 Å². The van der Waals surface area contributed by atoms with Crippen molar-refractivity contribution in [2.24, 2.45) is 0 Å². The van der Waals surface area contributed by atoms with Crippen LogP contribution >= 0.6 is 0 Å².